The van der Waals surface area contributed by atoms with Gasteiger partial charge in [0.05, 0.1) is 13.2 Å². The summed E-state index contributed by atoms with van der Waals surface area (Å²) >= 11 is 0. The Labute approximate surface area is 203 Å². The third-order valence-corrected chi connectivity index (χ3v) is 6.09. The minimum Gasteiger partial charge on any atom is -0.457 e. The van der Waals surface area contributed by atoms with Crippen molar-refractivity contribution >= 4 is 11.3 Å². The minimum atomic E-state index is 0.646. The molecule has 0 amide bonds. The number of fused-ring (bicyclic) bond motifs is 1. The predicted molar refractivity (Wildman–Crippen MR) is 135 cm³/mol. The van der Waals surface area contributed by atoms with Crippen LogP contribution in [0, 0.1) is 0 Å². The van der Waals surface area contributed by atoms with E-state index in [-0.39, 0.29) is 0 Å². The quantitative estimate of drug-likeness (QED) is 0.353. The van der Waals surface area contributed by atoms with Crippen molar-refractivity contribution in [2.45, 2.75) is 6.42 Å². The van der Waals surface area contributed by atoms with E-state index in [2.05, 4.69) is 34.1 Å². The molecule has 1 fully saturated rings. The third-order valence-electron chi connectivity index (χ3n) is 6.09. The van der Waals surface area contributed by atoms with Crippen LogP contribution < -0.4 is 9.64 Å². The van der Waals surface area contributed by atoms with Crippen LogP contribution in [0.5, 0.6) is 11.5 Å². The molecule has 0 spiro atoms. The van der Waals surface area contributed by atoms with E-state index in [4.69, 9.17) is 19.6 Å². The lowest BCUT2D eigenvalue weighted by atomic mass is 10.1. The summed E-state index contributed by atoms with van der Waals surface area (Å²) in [4.78, 5) is 11.8. The molecule has 174 valence electrons. The Kier molecular flexibility index (Phi) is 5.82. The standard InChI is InChI=1S/C28H25N5O2/c1-2-6-23(7-3-1)35-25-9-5-4-8-24(25)27-28-30-26(31-33(28)15-14-29-27)20-21-10-12-22(13-11-21)32-16-18-34-19-17-32/h1-15H,16-20H2. The van der Waals surface area contributed by atoms with Crippen molar-refractivity contribution in [2.75, 3.05) is 31.2 Å². The van der Waals surface area contributed by atoms with Crippen LogP contribution in [0.1, 0.15) is 11.4 Å². The molecule has 0 atom stereocenters. The van der Waals surface area contributed by atoms with E-state index in [1.807, 2.05) is 60.8 Å². The molecule has 6 rings (SSSR count). The molecule has 0 bridgehead atoms. The maximum Gasteiger partial charge on any atom is 0.182 e. The molecule has 2 aromatic heterocycles. The molecule has 0 saturated carbocycles. The Bertz CT molecular complexity index is 1430. The van der Waals surface area contributed by atoms with E-state index < -0.39 is 0 Å². The number of hydrogen-bond donors (Lipinski definition) is 0. The number of rotatable bonds is 6. The zero-order valence-corrected chi connectivity index (χ0v) is 19.2. The molecule has 0 aliphatic carbocycles. The van der Waals surface area contributed by atoms with Gasteiger partial charge in [-0.1, -0.05) is 42.5 Å². The summed E-state index contributed by atoms with van der Waals surface area (Å²) in [6.45, 7) is 3.42. The van der Waals surface area contributed by atoms with Crippen LogP contribution in [0.15, 0.2) is 91.3 Å². The molecule has 0 unspecified atom stereocenters. The van der Waals surface area contributed by atoms with Crippen LogP contribution in [0.4, 0.5) is 5.69 Å². The second kappa shape index (κ2) is 9.56. The smallest absolute Gasteiger partial charge is 0.182 e. The zero-order chi connectivity index (χ0) is 23.5. The van der Waals surface area contributed by atoms with Crippen molar-refractivity contribution in [2.24, 2.45) is 0 Å². The summed E-state index contributed by atoms with van der Waals surface area (Å²) in [6.07, 6.45) is 4.22. The number of aromatic nitrogens is 4. The van der Waals surface area contributed by atoms with Crippen molar-refractivity contribution in [3.8, 4) is 22.8 Å². The molecular formula is C28H25N5O2. The van der Waals surface area contributed by atoms with Crippen LogP contribution in [0.3, 0.4) is 0 Å². The minimum absolute atomic E-state index is 0.646. The molecule has 0 radical (unpaired) electrons. The topological polar surface area (TPSA) is 64.8 Å². The van der Waals surface area contributed by atoms with E-state index in [0.717, 1.165) is 54.9 Å². The molecule has 35 heavy (non-hydrogen) atoms. The fourth-order valence-corrected chi connectivity index (χ4v) is 4.32. The van der Waals surface area contributed by atoms with Crippen LogP contribution in [-0.4, -0.2) is 45.9 Å². The Morgan fingerprint density at radius 3 is 2.46 bits per heavy atom. The van der Waals surface area contributed by atoms with Crippen molar-refractivity contribution in [3.05, 3.63) is 103 Å². The van der Waals surface area contributed by atoms with Crippen LogP contribution >= 0.6 is 0 Å². The number of morpholine rings is 1. The summed E-state index contributed by atoms with van der Waals surface area (Å²) in [7, 11) is 0. The van der Waals surface area contributed by atoms with Gasteiger partial charge >= 0.3 is 0 Å². The summed E-state index contributed by atoms with van der Waals surface area (Å²) in [5.41, 5.74) is 4.70. The highest BCUT2D eigenvalue weighted by Crippen LogP contribution is 2.33. The third kappa shape index (κ3) is 4.58. The van der Waals surface area contributed by atoms with Crippen LogP contribution in [-0.2, 0) is 11.2 Å². The normalized spacial score (nSPS) is 13.8. The number of nitrogens with zero attached hydrogens (tertiary/aromatic N) is 5. The number of para-hydroxylation sites is 2. The van der Waals surface area contributed by atoms with Crippen molar-refractivity contribution in [1.29, 1.82) is 0 Å². The predicted octanol–water partition coefficient (Wildman–Crippen LogP) is 5.01. The zero-order valence-electron chi connectivity index (χ0n) is 19.2. The van der Waals surface area contributed by atoms with Gasteiger partial charge in [0.15, 0.2) is 11.5 Å². The molecule has 7 nitrogen and oxygen atoms in total. The summed E-state index contributed by atoms with van der Waals surface area (Å²) < 4.78 is 13.4. The average molecular weight is 464 g/mol. The number of ether oxygens (including phenoxy) is 2. The van der Waals surface area contributed by atoms with Gasteiger partial charge in [0.2, 0.25) is 0 Å². The molecule has 1 aliphatic heterocycles. The van der Waals surface area contributed by atoms with Gasteiger partial charge in [0.1, 0.15) is 17.2 Å². The molecule has 3 aromatic carbocycles. The lowest BCUT2D eigenvalue weighted by Crippen LogP contribution is -2.36. The average Bonchev–Trinajstić information content (AvgIpc) is 3.33. The molecule has 1 saturated heterocycles. The van der Waals surface area contributed by atoms with E-state index in [9.17, 15) is 0 Å². The SMILES string of the molecule is c1ccc(Oc2ccccc2-c2nccn3nc(Cc4ccc(N5CCOCC5)cc4)nc23)cc1. The molecule has 3 heterocycles. The lowest BCUT2D eigenvalue weighted by molar-refractivity contribution is 0.122. The Morgan fingerprint density at radius 1 is 0.857 bits per heavy atom. The Hall–Kier alpha value is -4.23. The Balaban J connectivity index is 1.28. The van der Waals surface area contributed by atoms with E-state index >= 15 is 0 Å². The number of benzene rings is 3. The molecule has 0 N–H and O–H groups in total. The summed E-state index contributed by atoms with van der Waals surface area (Å²) in [5, 5.41) is 4.72. The van der Waals surface area contributed by atoms with Crippen molar-refractivity contribution in [1.82, 2.24) is 19.6 Å². The van der Waals surface area contributed by atoms with Gasteiger partial charge in [-0.3, -0.25) is 4.98 Å². The van der Waals surface area contributed by atoms with Gasteiger partial charge < -0.3 is 14.4 Å². The summed E-state index contributed by atoms with van der Waals surface area (Å²) in [5.74, 6) is 2.25. The van der Waals surface area contributed by atoms with Crippen molar-refractivity contribution < 1.29 is 9.47 Å². The largest absolute Gasteiger partial charge is 0.457 e. The molecule has 1 aliphatic rings. The number of hydrogen-bond acceptors (Lipinski definition) is 6. The fourth-order valence-electron chi connectivity index (χ4n) is 4.32. The van der Waals surface area contributed by atoms with Gasteiger partial charge in [-0.2, -0.15) is 5.10 Å². The highest BCUT2D eigenvalue weighted by molar-refractivity contribution is 5.78. The van der Waals surface area contributed by atoms with Crippen LogP contribution in [0.25, 0.3) is 16.9 Å². The van der Waals surface area contributed by atoms with Gasteiger partial charge in [0, 0.05) is 43.2 Å². The lowest BCUT2D eigenvalue weighted by Gasteiger charge is -2.28. The summed E-state index contributed by atoms with van der Waals surface area (Å²) in [6, 6.07) is 26.3. The highest BCUT2D eigenvalue weighted by Gasteiger charge is 2.16. The Morgan fingerprint density at radius 2 is 1.63 bits per heavy atom. The maximum atomic E-state index is 6.17. The van der Waals surface area contributed by atoms with Gasteiger partial charge in [-0.25, -0.2) is 9.50 Å². The van der Waals surface area contributed by atoms with Gasteiger partial charge in [0.25, 0.3) is 0 Å². The maximum absolute atomic E-state index is 6.17. The van der Waals surface area contributed by atoms with Gasteiger partial charge in [-0.15, -0.1) is 0 Å². The van der Waals surface area contributed by atoms with E-state index in [1.54, 1.807) is 10.7 Å². The second-order valence-electron chi connectivity index (χ2n) is 8.43. The first-order valence-electron chi connectivity index (χ1n) is 11.8. The monoisotopic (exact) mass is 463 g/mol. The number of anilines is 1. The first kappa shape index (κ1) is 21.3. The van der Waals surface area contributed by atoms with Gasteiger partial charge in [-0.05, 0) is 42.0 Å². The molecule has 7 heteroatoms. The first-order valence-corrected chi connectivity index (χ1v) is 11.8. The highest BCUT2D eigenvalue weighted by atomic mass is 16.5. The molecular weight excluding hydrogens is 438 g/mol. The van der Waals surface area contributed by atoms with E-state index in [0.29, 0.717) is 12.1 Å². The fraction of sp³-hybridized carbons (Fsp3) is 0.179. The molecule has 5 aromatic rings. The van der Waals surface area contributed by atoms with Crippen molar-refractivity contribution in [3.63, 3.8) is 0 Å². The first-order chi connectivity index (χ1) is 17.3. The second-order valence-corrected chi connectivity index (χ2v) is 8.43. The van der Waals surface area contributed by atoms with Crippen LogP contribution in [0.2, 0.25) is 0 Å². The van der Waals surface area contributed by atoms with E-state index in [1.165, 1.54) is 11.3 Å².